The monoisotopic (exact) mass is 485 g/mol. The van der Waals surface area contributed by atoms with Gasteiger partial charge in [-0.3, -0.25) is 9.48 Å². The van der Waals surface area contributed by atoms with E-state index in [1.165, 1.54) is 18.0 Å². The Kier molecular flexibility index (Phi) is 6.96. The van der Waals surface area contributed by atoms with Gasteiger partial charge in [-0.2, -0.15) is 10.2 Å². The number of hydrogen-bond donors (Lipinski definition) is 4. The van der Waals surface area contributed by atoms with Crippen molar-refractivity contribution in [3.05, 3.63) is 59.6 Å². The SMILES string of the molecule is COc1ccc(Cl)cc1-c1nn(CC(=O)NC[C@H](C)O)cc1NC(O)c1cnn2cccnc12. The lowest BCUT2D eigenvalue weighted by Gasteiger charge is -2.14. The molecule has 178 valence electrons. The lowest BCUT2D eigenvalue weighted by Crippen LogP contribution is -2.33. The highest BCUT2D eigenvalue weighted by molar-refractivity contribution is 6.31. The maximum absolute atomic E-state index is 12.3. The van der Waals surface area contributed by atoms with Crippen molar-refractivity contribution in [1.29, 1.82) is 0 Å². The van der Waals surface area contributed by atoms with E-state index in [4.69, 9.17) is 16.3 Å². The number of anilines is 1. The summed E-state index contributed by atoms with van der Waals surface area (Å²) in [6.07, 6.45) is 4.62. The van der Waals surface area contributed by atoms with E-state index in [2.05, 4.69) is 25.8 Å². The van der Waals surface area contributed by atoms with Gasteiger partial charge in [-0.15, -0.1) is 0 Å². The molecule has 34 heavy (non-hydrogen) atoms. The van der Waals surface area contributed by atoms with Crippen molar-refractivity contribution in [2.75, 3.05) is 19.0 Å². The van der Waals surface area contributed by atoms with Gasteiger partial charge in [0.05, 0.1) is 30.7 Å². The lowest BCUT2D eigenvalue weighted by molar-refractivity contribution is -0.122. The number of aromatic nitrogens is 5. The Balaban J connectivity index is 1.69. The van der Waals surface area contributed by atoms with Crippen LogP contribution in [0.15, 0.2) is 49.1 Å². The minimum Gasteiger partial charge on any atom is -0.496 e. The number of fused-ring (bicyclic) bond motifs is 1. The smallest absolute Gasteiger partial charge is 0.241 e. The molecule has 1 unspecified atom stereocenters. The molecule has 4 N–H and O–H groups in total. The molecule has 3 heterocycles. The largest absolute Gasteiger partial charge is 0.496 e. The maximum Gasteiger partial charge on any atom is 0.241 e. The average molecular weight is 486 g/mol. The number of carbonyl (C=O) groups is 1. The first kappa shape index (κ1) is 23.5. The van der Waals surface area contributed by atoms with Crippen LogP contribution < -0.4 is 15.4 Å². The van der Waals surface area contributed by atoms with Gasteiger partial charge in [0, 0.05) is 35.7 Å². The molecule has 0 spiro atoms. The van der Waals surface area contributed by atoms with Crippen molar-refractivity contribution in [3.8, 4) is 17.0 Å². The fourth-order valence-electron chi connectivity index (χ4n) is 3.40. The normalized spacial score (nSPS) is 13.0. The zero-order chi connectivity index (χ0) is 24.2. The zero-order valence-electron chi connectivity index (χ0n) is 18.5. The average Bonchev–Trinajstić information content (AvgIpc) is 3.41. The standard InChI is InChI=1S/C22H24ClN7O4/c1-13(31)9-25-19(32)12-29-11-17(20(28-29)15-8-14(23)4-5-18(15)34-2)27-22(33)16-10-26-30-7-3-6-24-21(16)30/h3-8,10-11,13,22,27,31,33H,9,12H2,1-2H3,(H,25,32)/t13-,22?/m0/s1. The van der Waals surface area contributed by atoms with Gasteiger partial charge in [-0.05, 0) is 31.2 Å². The molecule has 0 fully saturated rings. The van der Waals surface area contributed by atoms with E-state index in [9.17, 15) is 15.0 Å². The van der Waals surface area contributed by atoms with Crippen molar-refractivity contribution in [2.24, 2.45) is 0 Å². The van der Waals surface area contributed by atoms with Gasteiger partial charge in [-0.25, -0.2) is 9.50 Å². The summed E-state index contributed by atoms with van der Waals surface area (Å²) < 4.78 is 8.45. The molecule has 11 nitrogen and oxygen atoms in total. The summed E-state index contributed by atoms with van der Waals surface area (Å²) in [5, 5.41) is 35.2. The molecule has 1 aromatic carbocycles. The van der Waals surface area contributed by atoms with Crippen LogP contribution in [0.2, 0.25) is 5.02 Å². The van der Waals surface area contributed by atoms with Crippen LogP contribution in [0.3, 0.4) is 0 Å². The first-order valence-corrected chi connectivity index (χ1v) is 10.8. The molecule has 0 radical (unpaired) electrons. The van der Waals surface area contributed by atoms with Gasteiger partial charge in [0.15, 0.2) is 11.9 Å². The van der Waals surface area contributed by atoms with Gasteiger partial charge < -0.3 is 25.6 Å². The Morgan fingerprint density at radius 1 is 1.32 bits per heavy atom. The van der Waals surface area contributed by atoms with E-state index in [1.54, 1.807) is 54.3 Å². The van der Waals surface area contributed by atoms with Crippen LogP contribution in [-0.2, 0) is 11.3 Å². The van der Waals surface area contributed by atoms with E-state index < -0.39 is 12.3 Å². The molecule has 4 aromatic rings. The minimum atomic E-state index is -1.17. The van der Waals surface area contributed by atoms with Crippen molar-refractivity contribution < 1.29 is 19.7 Å². The highest BCUT2D eigenvalue weighted by Gasteiger charge is 2.21. The number of benzene rings is 1. The molecular formula is C22H24ClN7O4. The third-order valence-electron chi connectivity index (χ3n) is 4.97. The highest BCUT2D eigenvalue weighted by atomic mass is 35.5. The van der Waals surface area contributed by atoms with E-state index in [0.717, 1.165) is 0 Å². The highest BCUT2D eigenvalue weighted by Crippen LogP contribution is 2.37. The fourth-order valence-corrected chi connectivity index (χ4v) is 3.57. The molecule has 0 aliphatic carbocycles. The van der Waals surface area contributed by atoms with Gasteiger partial charge in [-0.1, -0.05) is 11.6 Å². The number of nitrogens with one attached hydrogen (secondary N) is 2. The third-order valence-corrected chi connectivity index (χ3v) is 5.21. The fraction of sp³-hybridized carbons (Fsp3) is 0.273. The summed E-state index contributed by atoms with van der Waals surface area (Å²) in [5.74, 6) is 0.190. The Hall–Kier alpha value is -3.67. The molecule has 0 saturated carbocycles. The molecule has 0 aliphatic heterocycles. The third kappa shape index (κ3) is 5.11. The van der Waals surface area contributed by atoms with Crippen molar-refractivity contribution in [1.82, 2.24) is 29.7 Å². The van der Waals surface area contributed by atoms with Crippen molar-refractivity contribution in [2.45, 2.75) is 25.8 Å². The van der Waals surface area contributed by atoms with E-state index in [0.29, 0.717) is 38.9 Å². The predicted molar refractivity (Wildman–Crippen MR) is 125 cm³/mol. The van der Waals surface area contributed by atoms with Gasteiger partial charge >= 0.3 is 0 Å². The van der Waals surface area contributed by atoms with Gasteiger partial charge in [0.25, 0.3) is 0 Å². The zero-order valence-corrected chi connectivity index (χ0v) is 19.3. The quantitative estimate of drug-likeness (QED) is 0.263. The number of carbonyl (C=O) groups excluding carboxylic acids is 1. The Morgan fingerprint density at radius 3 is 2.91 bits per heavy atom. The first-order chi connectivity index (χ1) is 16.4. The molecule has 0 saturated heterocycles. The van der Waals surface area contributed by atoms with Crippen LogP contribution in [-0.4, -0.2) is 60.3 Å². The topological polar surface area (TPSA) is 139 Å². The number of ether oxygens (including phenoxy) is 1. The summed E-state index contributed by atoms with van der Waals surface area (Å²) in [6.45, 7) is 1.61. The summed E-state index contributed by atoms with van der Waals surface area (Å²) in [5.41, 5.74) is 2.39. The van der Waals surface area contributed by atoms with Crippen LogP contribution >= 0.6 is 11.6 Å². The molecule has 12 heteroatoms. The van der Waals surface area contributed by atoms with E-state index in [1.807, 2.05) is 0 Å². The number of nitrogens with zero attached hydrogens (tertiary/aromatic N) is 5. The maximum atomic E-state index is 12.3. The second-order valence-corrected chi connectivity index (χ2v) is 8.06. The summed E-state index contributed by atoms with van der Waals surface area (Å²) in [7, 11) is 1.53. The summed E-state index contributed by atoms with van der Waals surface area (Å²) in [4.78, 5) is 16.6. The Morgan fingerprint density at radius 2 is 2.15 bits per heavy atom. The Bertz CT molecular complexity index is 1300. The second kappa shape index (κ2) is 10.1. The van der Waals surface area contributed by atoms with Crippen LogP contribution in [0.5, 0.6) is 5.75 Å². The Labute approximate surface area is 199 Å². The first-order valence-electron chi connectivity index (χ1n) is 10.4. The number of rotatable bonds is 9. The molecular weight excluding hydrogens is 462 g/mol. The van der Waals surface area contributed by atoms with Crippen LogP contribution in [0.4, 0.5) is 5.69 Å². The number of aliphatic hydroxyl groups is 2. The van der Waals surface area contributed by atoms with Crippen LogP contribution in [0, 0.1) is 0 Å². The van der Waals surface area contributed by atoms with Crippen LogP contribution in [0.1, 0.15) is 18.7 Å². The van der Waals surface area contributed by atoms with Crippen LogP contribution in [0.25, 0.3) is 16.9 Å². The number of methoxy groups -OCH3 is 1. The predicted octanol–water partition coefficient (Wildman–Crippen LogP) is 1.85. The van der Waals surface area contributed by atoms with Gasteiger partial charge in [0.1, 0.15) is 18.0 Å². The number of amides is 1. The molecule has 4 rings (SSSR count). The number of aliphatic hydroxyl groups excluding tert-OH is 2. The van der Waals surface area contributed by atoms with E-state index in [-0.39, 0.29) is 19.0 Å². The lowest BCUT2D eigenvalue weighted by atomic mass is 10.1. The van der Waals surface area contributed by atoms with E-state index >= 15 is 0 Å². The summed E-state index contributed by atoms with van der Waals surface area (Å²) >= 11 is 6.22. The molecule has 2 atom stereocenters. The van der Waals surface area contributed by atoms with Crippen molar-refractivity contribution in [3.63, 3.8) is 0 Å². The van der Waals surface area contributed by atoms with Crippen molar-refractivity contribution >= 4 is 28.8 Å². The summed E-state index contributed by atoms with van der Waals surface area (Å²) in [6, 6.07) is 6.83. The number of hydrogen-bond acceptors (Lipinski definition) is 8. The molecule has 0 bridgehead atoms. The number of halogens is 1. The molecule has 3 aromatic heterocycles. The second-order valence-electron chi connectivity index (χ2n) is 7.62. The van der Waals surface area contributed by atoms with Gasteiger partial charge in [0.2, 0.25) is 5.91 Å². The molecule has 1 amide bonds. The minimum absolute atomic E-state index is 0.0986. The molecule has 0 aliphatic rings.